The first-order chi connectivity index (χ1) is 7.88. The van der Waals surface area contributed by atoms with Crippen LogP contribution in [0.2, 0.25) is 0 Å². The molecule has 0 saturated heterocycles. The molecule has 0 aromatic carbocycles. The summed E-state index contributed by atoms with van der Waals surface area (Å²) in [5.41, 5.74) is 0. The summed E-state index contributed by atoms with van der Waals surface area (Å²) in [6.07, 6.45) is 8.00. The summed E-state index contributed by atoms with van der Waals surface area (Å²) in [5.74, 6) is 1.83. The van der Waals surface area contributed by atoms with Crippen LogP contribution in [0.5, 0.6) is 0 Å². The number of imidazole rings is 1. The fourth-order valence-electron chi connectivity index (χ4n) is 1.29. The second-order valence-corrected chi connectivity index (χ2v) is 3.98. The van der Waals surface area contributed by atoms with Gasteiger partial charge in [0.25, 0.3) is 0 Å². The maximum absolute atomic E-state index is 4.15. The second kappa shape index (κ2) is 5.50. The highest BCUT2D eigenvalue weighted by Gasteiger charge is 1.98. The van der Waals surface area contributed by atoms with Crippen molar-refractivity contribution >= 4 is 17.6 Å². The fourth-order valence-corrected chi connectivity index (χ4v) is 1.67. The van der Waals surface area contributed by atoms with Gasteiger partial charge in [-0.3, -0.25) is 0 Å². The Morgan fingerprint density at radius 2 is 2.31 bits per heavy atom. The highest BCUT2D eigenvalue weighted by Crippen LogP contribution is 2.13. The standard InChI is InChI=1S/C10H13N5S/c1-16-10-6-9(14-7-15-10)11-3-2-8-12-4-5-13-8/h4-7H,2-3H2,1H3,(H,12,13)(H,11,14,15). The summed E-state index contributed by atoms with van der Waals surface area (Å²) < 4.78 is 0. The minimum atomic E-state index is 0.804. The maximum atomic E-state index is 4.15. The van der Waals surface area contributed by atoms with Gasteiger partial charge in [0.1, 0.15) is 23.0 Å². The van der Waals surface area contributed by atoms with E-state index in [1.54, 1.807) is 24.3 Å². The largest absolute Gasteiger partial charge is 0.369 e. The van der Waals surface area contributed by atoms with Crippen LogP contribution in [-0.2, 0) is 6.42 Å². The smallest absolute Gasteiger partial charge is 0.130 e. The lowest BCUT2D eigenvalue weighted by atomic mass is 10.4. The van der Waals surface area contributed by atoms with Crippen LogP contribution in [0.15, 0.2) is 29.8 Å². The van der Waals surface area contributed by atoms with Gasteiger partial charge in [-0.25, -0.2) is 15.0 Å². The molecule has 0 unspecified atom stereocenters. The fraction of sp³-hybridized carbons (Fsp3) is 0.300. The number of hydrogen-bond donors (Lipinski definition) is 2. The van der Waals surface area contributed by atoms with Gasteiger partial charge in [-0.05, 0) is 6.26 Å². The number of rotatable bonds is 5. The zero-order valence-electron chi connectivity index (χ0n) is 8.97. The maximum Gasteiger partial charge on any atom is 0.130 e. The normalized spacial score (nSPS) is 10.3. The first kappa shape index (κ1) is 10.9. The third-order valence-corrected chi connectivity index (χ3v) is 2.72. The van der Waals surface area contributed by atoms with Crippen LogP contribution in [0, 0.1) is 0 Å². The van der Waals surface area contributed by atoms with E-state index in [-0.39, 0.29) is 0 Å². The Hall–Kier alpha value is -1.56. The Morgan fingerprint density at radius 1 is 1.38 bits per heavy atom. The van der Waals surface area contributed by atoms with Crippen LogP contribution in [-0.4, -0.2) is 32.7 Å². The number of hydrogen-bond acceptors (Lipinski definition) is 5. The average molecular weight is 235 g/mol. The van der Waals surface area contributed by atoms with Crippen molar-refractivity contribution in [2.24, 2.45) is 0 Å². The van der Waals surface area contributed by atoms with Gasteiger partial charge in [0.15, 0.2) is 0 Å². The van der Waals surface area contributed by atoms with Crippen LogP contribution < -0.4 is 5.32 Å². The lowest BCUT2D eigenvalue weighted by Crippen LogP contribution is -2.07. The molecule has 0 aliphatic rings. The van der Waals surface area contributed by atoms with Gasteiger partial charge >= 0.3 is 0 Å². The topological polar surface area (TPSA) is 66.5 Å². The SMILES string of the molecule is CSc1cc(NCCc2ncc[nH]2)ncn1. The molecule has 0 saturated carbocycles. The monoisotopic (exact) mass is 235 g/mol. The second-order valence-electron chi connectivity index (χ2n) is 3.16. The molecular weight excluding hydrogens is 222 g/mol. The Balaban J connectivity index is 1.85. The van der Waals surface area contributed by atoms with Gasteiger partial charge in [-0.2, -0.15) is 0 Å². The zero-order valence-corrected chi connectivity index (χ0v) is 9.79. The summed E-state index contributed by atoms with van der Waals surface area (Å²) in [6, 6.07) is 1.94. The van der Waals surface area contributed by atoms with Crippen molar-refractivity contribution in [3.8, 4) is 0 Å². The summed E-state index contributed by atoms with van der Waals surface area (Å²) >= 11 is 1.60. The van der Waals surface area contributed by atoms with Crippen LogP contribution in [0.25, 0.3) is 0 Å². The molecule has 0 fully saturated rings. The van der Waals surface area contributed by atoms with E-state index in [2.05, 4.69) is 25.3 Å². The minimum Gasteiger partial charge on any atom is -0.369 e. The van der Waals surface area contributed by atoms with Gasteiger partial charge in [0.05, 0.1) is 0 Å². The Kier molecular flexibility index (Phi) is 3.76. The number of nitrogens with one attached hydrogen (secondary N) is 2. The average Bonchev–Trinajstić information content (AvgIpc) is 2.82. The van der Waals surface area contributed by atoms with Gasteiger partial charge in [-0.1, -0.05) is 0 Å². The molecule has 0 aliphatic carbocycles. The molecule has 0 aliphatic heterocycles. The van der Waals surface area contributed by atoms with Crippen LogP contribution in [0.1, 0.15) is 5.82 Å². The third kappa shape index (κ3) is 2.96. The number of thioether (sulfide) groups is 1. The molecule has 0 atom stereocenters. The molecule has 0 amide bonds. The molecule has 84 valence electrons. The van der Waals surface area contributed by atoms with Crippen molar-refractivity contribution in [1.82, 2.24) is 19.9 Å². The van der Waals surface area contributed by atoms with Crippen molar-refractivity contribution in [3.05, 3.63) is 30.6 Å². The lowest BCUT2D eigenvalue weighted by Gasteiger charge is -2.04. The predicted octanol–water partition coefficient (Wildman–Crippen LogP) is 1.58. The first-order valence-corrected chi connectivity index (χ1v) is 6.19. The van der Waals surface area contributed by atoms with Gasteiger partial charge in [0, 0.05) is 31.4 Å². The zero-order chi connectivity index (χ0) is 11.2. The minimum absolute atomic E-state index is 0.804. The molecule has 2 aromatic rings. The van der Waals surface area contributed by atoms with Crippen molar-refractivity contribution < 1.29 is 0 Å². The molecule has 6 heteroatoms. The van der Waals surface area contributed by atoms with E-state index < -0.39 is 0 Å². The van der Waals surface area contributed by atoms with E-state index in [0.29, 0.717) is 0 Å². The molecule has 0 radical (unpaired) electrons. The molecule has 2 heterocycles. The van der Waals surface area contributed by atoms with Crippen molar-refractivity contribution in [3.63, 3.8) is 0 Å². The first-order valence-electron chi connectivity index (χ1n) is 4.96. The highest BCUT2D eigenvalue weighted by molar-refractivity contribution is 7.98. The summed E-state index contributed by atoms with van der Waals surface area (Å²) in [7, 11) is 0. The number of anilines is 1. The van der Waals surface area contributed by atoms with Crippen LogP contribution in [0.4, 0.5) is 5.82 Å². The predicted molar refractivity (Wildman–Crippen MR) is 64.6 cm³/mol. The molecule has 2 rings (SSSR count). The summed E-state index contributed by atoms with van der Waals surface area (Å²) in [6.45, 7) is 0.804. The molecule has 0 spiro atoms. The van der Waals surface area contributed by atoms with E-state index in [9.17, 15) is 0 Å². The quantitative estimate of drug-likeness (QED) is 0.608. The van der Waals surface area contributed by atoms with Gasteiger partial charge in [-0.15, -0.1) is 11.8 Å². The number of aromatic nitrogens is 4. The summed E-state index contributed by atoms with van der Waals surface area (Å²) in [4.78, 5) is 15.5. The van der Waals surface area contributed by atoms with E-state index in [0.717, 1.165) is 29.6 Å². The third-order valence-electron chi connectivity index (χ3n) is 2.07. The number of aromatic amines is 1. The number of H-pyrrole nitrogens is 1. The van der Waals surface area contributed by atoms with Gasteiger partial charge in [0.2, 0.25) is 0 Å². The Morgan fingerprint density at radius 3 is 3.06 bits per heavy atom. The highest BCUT2D eigenvalue weighted by atomic mass is 32.2. The van der Waals surface area contributed by atoms with E-state index >= 15 is 0 Å². The van der Waals surface area contributed by atoms with Crippen LogP contribution >= 0.6 is 11.8 Å². The molecule has 0 bridgehead atoms. The number of nitrogens with zero attached hydrogens (tertiary/aromatic N) is 3. The van der Waals surface area contributed by atoms with E-state index in [1.165, 1.54) is 0 Å². The van der Waals surface area contributed by atoms with E-state index in [4.69, 9.17) is 0 Å². The van der Waals surface area contributed by atoms with Gasteiger partial charge < -0.3 is 10.3 Å². The van der Waals surface area contributed by atoms with E-state index in [1.807, 2.05) is 18.5 Å². The molecule has 2 aromatic heterocycles. The summed E-state index contributed by atoms with van der Waals surface area (Å²) in [5, 5.41) is 4.20. The lowest BCUT2D eigenvalue weighted by molar-refractivity contribution is 0.915. The van der Waals surface area contributed by atoms with Crippen molar-refractivity contribution in [1.29, 1.82) is 0 Å². The molecule has 2 N–H and O–H groups in total. The van der Waals surface area contributed by atoms with Crippen LogP contribution in [0.3, 0.4) is 0 Å². The Bertz CT molecular complexity index is 429. The molecule has 5 nitrogen and oxygen atoms in total. The van der Waals surface area contributed by atoms with Crippen molar-refractivity contribution in [2.75, 3.05) is 18.1 Å². The Labute approximate surface area is 98.1 Å². The molecule has 16 heavy (non-hydrogen) atoms. The van der Waals surface area contributed by atoms with Crippen molar-refractivity contribution in [2.45, 2.75) is 11.4 Å². The molecular formula is C10H13N5S.